The summed E-state index contributed by atoms with van der Waals surface area (Å²) in [7, 11) is 0. The fourth-order valence-electron chi connectivity index (χ4n) is 1.23. The third-order valence-electron chi connectivity index (χ3n) is 1.99. The molecule has 2 rings (SSSR count). The largest absolute Gasteiger partial charge is 0.478 e. The van der Waals surface area contributed by atoms with Crippen molar-refractivity contribution >= 4 is 23.0 Å². The standard InChI is InChI=1S/C10H9N3O2S/c14-10(15)8-5-11-2-1-9(8)13-4-7-3-12-6-16-7/h1-3,5-6H,4H2,(H,11,13)(H,14,15). The monoisotopic (exact) mass is 235 g/mol. The van der Waals surface area contributed by atoms with E-state index in [1.807, 2.05) is 0 Å². The maximum absolute atomic E-state index is 10.9. The lowest BCUT2D eigenvalue weighted by Gasteiger charge is -2.06. The molecule has 0 saturated carbocycles. The molecule has 0 bridgehead atoms. The summed E-state index contributed by atoms with van der Waals surface area (Å²) in [5.74, 6) is -0.986. The molecule has 0 atom stereocenters. The number of hydrogen-bond donors (Lipinski definition) is 2. The molecule has 0 fully saturated rings. The van der Waals surface area contributed by atoms with Gasteiger partial charge in [0.05, 0.1) is 17.7 Å². The number of aromatic nitrogens is 2. The van der Waals surface area contributed by atoms with Gasteiger partial charge in [0, 0.05) is 23.5 Å². The summed E-state index contributed by atoms with van der Waals surface area (Å²) in [6.07, 6.45) is 4.64. The number of carboxylic acids is 1. The van der Waals surface area contributed by atoms with Crippen LogP contribution in [0.25, 0.3) is 0 Å². The van der Waals surface area contributed by atoms with Gasteiger partial charge in [-0.1, -0.05) is 0 Å². The Morgan fingerprint density at radius 2 is 2.31 bits per heavy atom. The molecule has 82 valence electrons. The second-order valence-corrected chi connectivity index (χ2v) is 4.02. The van der Waals surface area contributed by atoms with Crippen LogP contribution in [0.2, 0.25) is 0 Å². The summed E-state index contributed by atoms with van der Waals surface area (Å²) in [6, 6.07) is 1.64. The van der Waals surface area contributed by atoms with E-state index < -0.39 is 5.97 Å². The number of thiazole rings is 1. The number of rotatable bonds is 4. The van der Waals surface area contributed by atoms with E-state index >= 15 is 0 Å². The highest BCUT2D eigenvalue weighted by Gasteiger charge is 2.09. The Morgan fingerprint density at radius 1 is 1.44 bits per heavy atom. The molecule has 6 heteroatoms. The SMILES string of the molecule is O=C(O)c1cnccc1NCc1cncs1. The molecular formula is C10H9N3O2S. The van der Waals surface area contributed by atoms with E-state index in [1.54, 1.807) is 24.0 Å². The van der Waals surface area contributed by atoms with E-state index in [2.05, 4.69) is 15.3 Å². The quantitative estimate of drug-likeness (QED) is 0.845. The smallest absolute Gasteiger partial charge is 0.339 e. The van der Waals surface area contributed by atoms with Gasteiger partial charge in [-0.3, -0.25) is 9.97 Å². The molecule has 2 N–H and O–H groups in total. The molecule has 0 amide bonds. The van der Waals surface area contributed by atoms with Crippen molar-refractivity contribution in [2.45, 2.75) is 6.54 Å². The first-order valence-corrected chi connectivity index (χ1v) is 5.44. The molecule has 0 aliphatic heterocycles. The van der Waals surface area contributed by atoms with Crippen molar-refractivity contribution < 1.29 is 9.90 Å². The number of nitrogens with zero attached hydrogens (tertiary/aromatic N) is 2. The summed E-state index contributed by atoms with van der Waals surface area (Å²) in [5.41, 5.74) is 2.48. The van der Waals surface area contributed by atoms with Crippen LogP contribution < -0.4 is 5.32 Å². The summed E-state index contributed by atoms with van der Waals surface area (Å²) in [5, 5.41) is 12.0. The number of aromatic carboxylic acids is 1. The molecule has 0 aliphatic carbocycles. The lowest BCUT2D eigenvalue weighted by molar-refractivity contribution is 0.0697. The van der Waals surface area contributed by atoms with Gasteiger partial charge in [-0.25, -0.2) is 4.79 Å². The Morgan fingerprint density at radius 3 is 3.00 bits per heavy atom. The summed E-state index contributed by atoms with van der Waals surface area (Å²) >= 11 is 1.52. The number of carboxylic acid groups (broad SMARTS) is 1. The predicted octanol–water partition coefficient (Wildman–Crippen LogP) is 1.85. The zero-order valence-corrected chi connectivity index (χ0v) is 9.07. The molecule has 0 aliphatic rings. The summed E-state index contributed by atoms with van der Waals surface area (Å²) in [6.45, 7) is 0.564. The van der Waals surface area contributed by atoms with Gasteiger partial charge in [-0.05, 0) is 6.07 Å². The van der Waals surface area contributed by atoms with E-state index in [4.69, 9.17) is 5.11 Å². The summed E-state index contributed by atoms with van der Waals surface area (Å²) in [4.78, 5) is 19.7. The van der Waals surface area contributed by atoms with E-state index in [-0.39, 0.29) is 5.56 Å². The number of hydrogen-bond acceptors (Lipinski definition) is 5. The molecule has 0 unspecified atom stereocenters. The first kappa shape index (κ1) is 10.6. The third kappa shape index (κ3) is 2.34. The average Bonchev–Trinajstić information content (AvgIpc) is 2.79. The van der Waals surface area contributed by atoms with Gasteiger partial charge in [0.1, 0.15) is 5.56 Å². The summed E-state index contributed by atoms with van der Waals surface area (Å²) < 4.78 is 0. The second-order valence-electron chi connectivity index (χ2n) is 3.05. The molecule has 0 spiro atoms. The van der Waals surface area contributed by atoms with E-state index in [1.165, 1.54) is 17.5 Å². The van der Waals surface area contributed by atoms with Gasteiger partial charge < -0.3 is 10.4 Å². The van der Waals surface area contributed by atoms with E-state index in [0.717, 1.165) is 4.88 Å². The van der Waals surface area contributed by atoms with Crippen molar-refractivity contribution in [1.82, 2.24) is 9.97 Å². The predicted molar refractivity (Wildman–Crippen MR) is 60.6 cm³/mol. The highest BCUT2D eigenvalue weighted by atomic mass is 32.1. The minimum atomic E-state index is -0.986. The van der Waals surface area contributed by atoms with Crippen molar-refractivity contribution in [3.63, 3.8) is 0 Å². The Balaban J connectivity index is 2.12. The first-order valence-electron chi connectivity index (χ1n) is 4.56. The van der Waals surface area contributed by atoms with Gasteiger partial charge in [0.25, 0.3) is 0 Å². The van der Waals surface area contributed by atoms with Gasteiger partial charge in [-0.15, -0.1) is 11.3 Å². The minimum absolute atomic E-state index is 0.173. The molecule has 2 heterocycles. The zero-order chi connectivity index (χ0) is 11.4. The van der Waals surface area contributed by atoms with Crippen LogP contribution in [0, 0.1) is 0 Å². The maximum atomic E-state index is 10.9. The number of nitrogens with one attached hydrogen (secondary N) is 1. The van der Waals surface area contributed by atoms with E-state index in [0.29, 0.717) is 12.2 Å². The van der Waals surface area contributed by atoms with E-state index in [9.17, 15) is 4.79 Å². The molecule has 2 aromatic rings. The molecule has 16 heavy (non-hydrogen) atoms. The zero-order valence-electron chi connectivity index (χ0n) is 8.25. The van der Waals surface area contributed by atoms with Crippen LogP contribution in [-0.2, 0) is 6.54 Å². The minimum Gasteiger partial charge on any atom is -0.478 e. The Bertz CT molecular complexity index is 485. The van der Waals surface area contributed by atoms with Crippen LogP contribution in [0.3, 0.4) is 0 Å². The van der Waals surface area contributed by atoms with Crippen LogP contribution in [0.4, 0.5) is 5.69 Å². The molecular weight excluding hydrogens is 226 g/mol. The van der Waals surface area contributed by atoms with Crippen molar-refractivity contribution in [2.24, 2.45) is 0 Å². The first-order chi connectivity index (χ1) is 7.77. The molecule has 0 saturated heterocycles. The lowest BCUT2D eigenvalue weighted by Crippen LogP contribution is -2.06. The maximum Gasteiger partial charge on any atom is 0.339 e. The highest BCUT2D eigenvalue weighted by Crippen LogP contribution is 2.15. The van der Waals surface area contributed by atoms with Crippen LogP contribution >= 0.6 is 11.3 Å². The third-order valence-corrected chi connectivity index (χ3v) is 2.77. The van der Waals surface area contributed by atoms with Gasteiger partial charge in [0.2, 0.25) is 0 Å². The Labute approximate surface area is 95.8 Å². The van der Waals surface area contributed by atoms with Crippen molar-refractivity contribution in [2.75, 3.05) is 5.32 Å². The second kappa shape index (κ2) is 4.71. The van der Waals surface area contributed by atoms with Crippen LogP contribution in [-0.4, -0.2) is 21.0 Å². The van der Waals surface area contributed by atoms with Gasteiger partial charge >= 0.3 is 5.97 Å². The van der Waals surface area contributed by atoms with Crippen LogP contribution in [0.5, 0.6) is 0 Å². The van der Waals surface area contributed by atoms with Crippen molar-refractivity contribution in [3.8, 4) is 0 Å². The Kier molecular flexibility index (Phi) is 3.11. The fraction of sp³-hybridized carbons (Fsp3) is 0.100. The number of anilines is 1. The molecule has 0 radical (unpaired) electrons. The van der Waals surface area contributed by atoms with Crippen LogP contribution in [0.1, 0.15) is 15.2 Å². The normalized spacial score (nSPS) is 10.0. The molecule has 0 aromatic carbocycles. The Hall–Kier alpha value is -1.95. The average molecular weight is 235 g/mol. The lowest BCUT2D eigenvalue weighted by atomic mass is 10.2. The van der Waals surface area contributed by atoms with Crippen molar-refractivity contribution in [1.29, 1.82) is 0 Å². The number of pyridine rings is 1. The topological polar surface area (TPSA) is 75.1 Å². The fourth-order valence-corrected chi connectivity index (χ4v) is 1.77. The highest BCUT2D eigenvalue weighted by molar-refractivity contribution is 7.09. The van der Waals surface area contributed by atoms with Crippen molar-refractivity contribution in [3.05, 3.63) is 40.6 Å². The van der Waals surface area contributed by atoms with Gasteiger partial charge in [-0.2, -0.15) is 0 Å². The van der Waals surface area contributed by atoms with Gasteiger partial charge in [0.15, 0.2) is 0 Å². The van der Waals surface area contributed by atoms with Crippen LogP contribution in [0.15, 0.2) is 30.2 Å². The number of carbonyl (C=O) groups is 1. The molecule has 2 aromatic heterocycles. The molecule has 5 nitrogen and oxygen atoms in total.